The number of nitrogens with one attached hydrogen (secondary N) is 2. The molecule has 2 aliphatic rings. The first kappa shape index (κ1) is 17.5. The Morgan fingerprint density at radius 2 is 2.00 bits per heavy atom. The Bertz CT molecular complexity index is 462. The minimum absolute atomic E-state index is 0. The van der Waals surface area contributed by atoms with Gasteiger partial charge in [-0.1, -0.05) is 30.3 Å². The summed E-state index contributed by atoms with van der Waals surface area (Å²) in [5.74, 6) is 0.940. The average molecular weight is 416 g/mol. The van der Waals surface area contributed by atoms with Gasteiger partial charge in [-0.15, -0.1) is 24.0 Å². The van der Waals surface area contributed by atoms with Crippen LogP contribution in [0.5, 0.6) is 0 Å². The number of aliphatic imine (C=N–C) groups is 1. The van der Waals surface area contributed by atoms with Crippen LogP contribution in [0, 0.1) is 0 Å². The maximum Gasteiger partial charge on any atom is 0.191 e. The van der Waals surface area contributed by atoms with E-state index in [1.165, 1.54) is 5.56 Å². The molecule has 0 amide bonds. The molecule has 0 aliphatic carbocycles. The zero-order valence-corrected chi connectivity index (χ0v) is 15.2. The molecule has 1 saturated heterocycles. The summed E-state index contributed by atoms with van der Waals surface area (Å²) in [5.41, 5.74) is 1.35. The van der Waals surface area contributed by atoms with Gasteiger partial charge in [0.05, 0.1) is 19.3 Å². The van der Waals surface area contributed by atoms with Gasteiger partial charge in [-0.05, 0) is 12.0 Å². The van der Waals surface area contributed by atoms with Crippen LogP contribution in [0.15, 0.2) is 35.3 Å². The lowest BCUT2D eigenvalue weighted by Gasteiger charge is -2.35. The van der Waals surface area contributed by atoms with Crippen molar-refractivity contribution >= 4 is 29.9 Å². The van der Waals surface area contributed by atoms with Gasteiger partial charge in [0.2, 0.25) is 0 Å². The summed E-state index contributed by atoms with van der Waals surface area (Å²) in [5, 5.41) is 6.80. The Balaban J connectivity index is 0.00000176. The van der Waals surface area contributed by atoms with Gasteiger partial charge >= 0.3 is 0 Å². The van der Waals surface area contributed by atoms with Gasteiger partial charge in [-0.2, -0.15) is 0 Å². The zero-order valence-electron chi connectivity index (χ0n) is 12.8. The van der Waals surface area contributed by atoms with E-state index in [1.54, 1.807) is 0 Å². The summed E-state index contributed by atoms with van der Waals surface area (Å²) >= 11 is 0. The molecule has 122 valence electrons. The molecule has 0 saturated carbocycles. The second-order valence-electron chi connectivity index (χ2n) is 5.47. The molecular formula is C16H25IN4O. The summed E-state index contributed by atoms with van der Waals surface area (Å²) in [7, 11) is 0. The molecule has 0 spiro atoms. The normalized spacial score (nSPS) is 20.3. The SMILES string of the molecule is I.c1ccc(C(CNC2=NCCCN2)N2CCOCC2)cc1. The van der Waals surface area contributed by atoms with Crippen molar-refractivity contribution in [2.75, 3.05) is 45.9 Å². The lowest BCUT2D eigenvalue weighted by atomic mass is 10.0. The van der Waals surface area contributed by atoms with E-state index in [2.05, 4.69) is 50.9 Å². The largest absolute Gasteiger partial charge is 0.379 e. The fourth-order valence-corrected chi connectivity index (χ4v) is 2.87. The summed E-state index contributed by atoms with van der Waals surface area (Å²) in [6.45, 7) is 6.42. The van der Waals surface area contributed by atoms with Crippen molar-refractivity contribution in [2.45, 2.75) is 12.5 Å². The summed E-state index contributed by atoms with van der Waals surface area (Å²) in [4.78, 5) is 6.99. The highest BCUT2D eigenvalue weighted by Crippen LogP contribution is 2.20. The van der Waals surface area contributed by atoms with Gasteiger partial charge in [0, 0.05) is 32.7 Å². The first-order valence-corrected chi connectivity index (χ1v) is 7.82. The number of rotatable bonds is 4. The Hall–Kier alpha value is -0.860. The van der Waals surface area contributed by atoms with Crippen molar-refractivity contribution in [1.82, 2.24) is 15.5 Å². The maximum atomic E-state index is 5.48. The number of hydrogen-bond donors (Lipinski definition) is 2. The third-order valence-corrected chi connectivity index (χ3v) is 4.03. The van der Waals surface area contributed by atoms with Gasteiger partial charge in [0.25, 0.3) is 0 Å². The Morgan fingerprint density at radius 3 is 2.68 bits per heavy atom. The van der Waals surface area contributed by atoms with Gasteiger partial charge in [0.15, 0.2) is 5.96 Å². The molecule has 1 aromatic carbocycles. The highest BCUT2D eigenvalue weighted by molar-refractivity contribution is 14.0. The number of morpholine rings is 1. The first-order chi connectivity index (χ1) is 10.4. The molecule has 2 heterocycles. The van der Waals surface area contributed by atoms with Gasteiger partial charge in [0.1, 0.15) is 0 Å². The van der Waals surface area contributed by atoms with Crippen LogP contribution in [0.2, 0.25) is 0 Å². The molecule has 6 heteroatoms. The van der Waals surface area contributed by atoms with Crippen LogP contribution in [0.25, 0.3) is 0 Å². The minimum atomic E-state index is 0. The predicted molar refractivity (Wildman–Crippen MR) is 99.9 cm³/mol. The molecule has 22 heavy (non-hydrogen) atoms. The second-order valence-corrected chi connectivity index (χ2v) is 5.47. The van der Waals surface area contributed by atoms with Crippen molar-refractivity contribution in [3.8, 4) is 0 Å². The minimum Gasteiger partial charge on any atom is -0.379 e. The highest BCUT2D eigenvalue weighted by Gasteiger charge is 2.22. The molecule has 1 unspecified atom stereocenters. The summed E-state index contributed by atoms with van der Waals surface area (Å²) < 4.78 is 5.48. The monoisotopic (exact) mass is 416 g/mol. The Kier molecular flexibility index (Phi) is 7.41. The third-order valence-electron chi connectivity index (χ3n) is 4.03. The number of halogens is 1. The molecule has 2 N–H and O–H groups in total. The van der Waals surface area contributed by atoms with Crippen LogP contribution in [0.4, 0.5) is 0 Å². The van der Waals surface area contributed by atoms with Crippen molar-refractivity contribution in [1.29, 1.82) is 0 Å². The molecule has 0 radical (unpaired) electrons. The van der Waals surface area contributed by atoms with E-state index < -0.39 is 0 Å². The fourth-order valence-electron chi connectivity index (χ4n) is 2.87. The van der Waals surface area contributed by atoms with Gasteiger partial charge < -0.3 is 15.4 Å². The van der Waals surface area contributed by atoms with E-state index in [0.717, 1.165) is 58.3 Å². The zero-order chi connectivity index (χ0) is 14.3. The standard InChI is InChI=1S/C16H24N4O.HI/c1-2-5-14(6-3-1)15(20-9-11-21-12-10-20)13-19-16-17-7-4-8-18-16;/h1-3,5-6,15H,4,7-13H2,(H2,17,18,19);1H. The highest BCUT2D eigenvalue weighted by atomic mass is 127. The van der Waals surface area contributed by atoms with E-state index in [4.69, 9.17) is 4.74 Å². The molecule has 0 bridgehead atoms. The Labute approximate surface area is 149 Å². The fraction of sp³-hybridized carbons (Fsp3) is 0.562. The molecule has 5 nitrogen and oxygen atoms in total. The summed E-state index contributed by atoms with van der Waals surface area (Å²) in [6.07, 6.45) is 1.12. The topological polar surface area (TPSA) is 48.9 Å². The number of ether oxygens (including phenoxy) is 1. The number of hydrogen-bond acceptors (Lipinski definition) is 5. The van der Waals surface area contributed by atoms with E-state index >= 15 is 0 Å². The molecule has 0 aromatic heterocycles. The molecule has 3 rings (SSSR count). The first-order valence-electron chi connectivity index (χ1n) is 7.82. The quantitative estimate of drug-likeness (QED) is 0.733. The van der Waals surface area contributed by atoms with E-state index in [9.17, 15) is 0 Å². The lowest BCUT2D eigenvalue weighted by molar-refractivity contribution is 0.0170. The van der Waals surface area contributed by atoms with Crippen LogP contribution in [-0.2, 0) is 4.74 Å². The lowest BCUT2D eigenvalue weighted by Crippen LogP contribution is -2.47. The van der Waals surface area contributed by atoms with E-state index in [1.807, 2.05) is 0 Å². The number of nitrogens with zero attached hydrogens (tertiary/aromatic N) is 2. The van der Waals surface area contributed by atoms with Crippen LogP contribution in [0.3, 0.4) is 0 Å². The summed E-state index contributed by atoms with van der Waals surface area (Å²) in [6, 6.07) is 11.1. The van der Waals surface area contributed by atoms with Crippen LogP contribution >= 0.6 is 24.0 Å². The van der Waals surface area contributed by atoms with Gasteiger partial charge in [-0.3, -0.25) is 9.89 Å². The van der Waals surface area contributed by atoms with Crippen LogP contribution in [0.1, 0.15) is 18.0 Å². The number of benzene rings is 1. The number of guanidine groups is 1. The molecule has 2 aliphatic heterocycles. The molecular weight excluding hydrogens is 391 g/mol. The predicted octanol–water partition coefficient (Wildman–Crippen LogP) is 1.62. The smallest absolute Gasteiger partial charge is 0.191 e. The molecule has 1 aromatic rings. The van der Waals surface area contributed by atoms with Crippen molar-refractivity contribution in [3.63, 3.8) is 0 Å². The van der Waals surface area contributed by atoms with Crippen LogP contribution < -0.4 is 10.6 Å². The molecule has 1 fully saturated rings. The van der Waals surface area contributed by atoms with Crippen molar-refractivity contribution in [2.24, 2.45) is 4.99 Å². The van der Waals surface area contributed by atoms with Crippen molar-refractivity contribution < 1.29 is 4.74 Å². The van der Waals surface area contributed by atoms with Gasteiger partial charge in [-0.25, -0.2) is 0 Å². The second kappa shape index (κ2) is 9.32. The average Bonchev–Trinajstić information content (AvgIpc) is 2.58. The third kappa shape index (κ3) is 4.82. The van der Waals surface area contributed by atoms with Crippen molar-refractivity contribution in [3.05, 3.63) is 35.9 Å². The Morgan fingerprint density at radius 1 is 1.23 bits per heavy atom. The maximum absolute atomic E-state index is 5.48. The van der Waals surface area contributed by atoms with E-state index in [0.29, 0.717) is 6.04 Å². The van der Waals surface area contributed by atoms with E-state index in [-0.39, 0.29) is 24.0 Å². The molecule has 1 atom stereocenters. The van der Waals surface area contributed by atoms with Crippen LogP contribution in [-0.4, -0.2) is 56.8 Å².